The number of nitrogens with two attached hydrogens (primary N) is 1. The maximum Gasteiger partial charge on any atom is 0.414 e. The van der Waals surface area contributed by atoms with Crippen LogP contribution < -0.4 is 16.0 Å². The number of cyclic esters (lactones) is 1. The lowest BCUT2D eigenvalue weighted by Crippen LogP contribution is -2.33. The molecule has 0 radical (unpaired) electrons. The van der Waals surface area contributed by atoms with Crippen molar-refractivity contribution in [3.05, 3.63) is 72.6 Å². The molecule has 4 rings (SSSR count). The average molecular weight is 437 g/mol. The Bertz CT molecular complexity index is 1100. The second-order valence-corrected chi connectivity index (χ2v) is 7.71. The van der Waals surface area contributed by atoms with Gasteiger partial charge in [0.1, 0.15) is 11.9 Å². The first-order chi connectivity index (χ1) is 15.4. The van der Waals surface area contributed by atoms with E-state index in [4.69, 9.17) is 10.5 Å². The minimum Gasteiger partial charge on any atom is -0.442 e. The van der Waals surface area contributed by atoms with Gasteiger partial charge in [-0.2, -0.15) is 0 Å². The van der Waals surface area contributed by atoms with Gasteiger partial charge in [-0.3, -0.25) is 9.69 Å². The summed E-state index contributed by atoms with van der Waals surface area (Å²) in [5.74, 6) is -0.653. The number of aromatic nitrogens is 2. The number of anilines is 1. The van der Waals surface area contributed by atoms with Crippen LogP contribution in [0.2, 0.25) is 0 Å². The van der Waals surface area contributed by atoms with Crippen LogP contribution in [-0.2, 0) is 16.1 Å². The summed E-state index contributed by atoms with van der Waals surface area (Å²) in [5, 5.41) is 2.62. The number of nitrogens with one attached hydrogen (secondary N) is 1. The highest BCUT2D eigenvalue weighted by atomic mass is 19.1. The molecule has 1 saturated heterocycles. The minimum absolute atomic E-state index is 0.205. The van der Waals surface area contributed by atoms with Crippen molar-refractivity contribution in [1.82, 2.24) is 14.9 Å². The molecule has 2 unspecified atom stereocenters. The zero-order valence-electron chi connectivity index (χ0n) is 17.6. The number of hydrogen-bond donors (Lipinski definition) is 2. The van der Waals surface area contributed by atoms with Crippen molar-refractivity contribution >= 4 is 17.7 Å². The molecule has 2 aromatic carbocycles. The van der Waals surface area contributed by atoms with E-state index in [2.05, 4.69) is 10.3 Å². The highest BCUT2D eigenvalue weighted by molar-refractivity contribution is 5.90. The largest absolute Gasteiger partial charge is 0.442 e. The summed E-state index contributed by atoms with van der Waals surface area (Å²) in [6.07, 6.45) is 4.22. The highest BCUT2D eigenvalue weighted by Gasteiger charge is 2.32. The molecule has 1 aromatic heterocycles. The quantitative estimate of drug-likeness (QED) is 0.592. The molecule has 166 valence electrons. The van der Waals surface area contributed by atoms with Crippen molar-refractivity contribution in [2.24, 2.45) is 5.73 Å². The van der Waals surface area contributed by atoms with Crippen LogP contribution in [0.5, 0.6) is 0 Å². The number of benzene rings is 2. The summed E-state index contributed by atoms with van der Waals surface area (Å²) in [6, 6.07) is 11.8. The third-order valence-corrected chi connectivity index (χ3v) is 5.33. The van der Waals surface area contributed by atoms with E-state index in [1.807, 2.05) is 35.0 Å². The van der Waals surface area contributed by atoms with Crippen LogP contribution in [0.4, 0.5) is 14.9 Å². The normalized spacial score (nSPS) is 16.7. The second kappa shape index (κ2) is 9.19. The monoisotopic (exact) mass is 437 g/mol. The lowest BCUT2D eigenvalue weighted by atomic mass is 10.00. The summed E-state index contributed by atoms with van der Waals surface area (Å²) in [4.78, 5) is 28.6. The Balaban J connectivity index is 1.45. The molecule has 2 atom stereocenters. The Labute approximate surface area is 184 Å². The summed E-state index contributed by atoms with van der Waals surface area (Å²) in [5.41, 5.74) is 8.73. The van der Waals surface area contributed by atoms with Crippen LogP contribution in [0.1, 0.15) is 18.5 Å². The SMILES string of the molecule is CC(=O)NCC1CN(c2ccc(-c3ccc(C(N)Cn4ccnc4)cc3)c(F)c2)C(=O)O1. The van der Waals surface area contributed by atoms with Gasteiger partial charge < -0.3 is 20.4 Å². The number of rotatable bonds is 7. The molecular weight excluding hydrogens is 413 g/mol. The van der Waals surface area contributed by atoms with Gasteiger partial charge in [0.15, 0.2) is 0 Å². The van der Waals surface area contributed by atoms with Gasteiger partial charge in [0.25, 0.3) is 0 Å². The highest BCUT2D eigenvalue weighted by Crippen LogP contribution is 2.30. The number of ether oxygens (including phenoxy) is 1. The van der Waals surface area contributed by atoms with E-state index in [9.17, 15) is 14.0 Å². The van der Waals surface area contributed by atoms with Crippen molar-refractivity contribution in [3.8, 4) is 11.1 Å². The Morgan fingerprint density at radius 2 is 2.09 bits per heavy atom. The predicted octanol–water partition coefficient (Wildman–Crippen LogP) is 2.85. The molecule has 8 nitrogen and oxygen atoms in total. The summed E-state index contributed by atoms with van der Waals surface area (Å²) in [7, 11) is 0. The zero-order valence-corrected chi connectivity index (χ0v) is 17.6. The third-order valence-electron chi connectivity index (χ3n) is 5.33. The van der Waals surface area contributed by atoms with E-state index in [1.165, 1.54) is 17.9 Å². The number of carbonyl (C=O) groups is 2. The number of halogens is 1. The molecule has 2 amide bonds. The number of hydrogen-bond acceptors (Lipinski definition) is 5. The molecule has 0 saturated carbocycles. The lowest BCUT2D eigenvalue weighted by Gasteiger charge is -2.15. The smallest absolute Gasteiger partial charge is 0.414 e. The van der Waals surface area contributed by atoms with Gasteiger partial charge >= 0.3 is 6.09 Å². The third kappa shape index (κ3) is 4.78. The minimum atomic E-state index is -0.566. The van der Waals surface area contributed by atoms with Crippen LogP contribution in [0.25, 0.3) is 11.1 Å². The Morgan fingerprint density at radius 1 is 1.31 bits per heavy atom. The Hall–Kier alpha value is -3.72. The van der Waals surface area contributed by atoms with Gasteiger partial charge in [0.2, 0.25) is 5.91 Å². The van der Waals surface area contributed by atoms with E-state index in [0.29, 0.717) is 23.4 Å². The second-order valence-electron chi connectivity index (χ2n) is 7.71. The van der Waals surface area contributed by atoms with Crippen LogP contribution in [0, 0.1) is 5.82 Å². The van der Waals surface area contributed by atoms with E-state index in [-0.39, 0.29) is 25.0 Å². The van der Waals surface area contributed by atoms with E-state index < -0.39 is 18.0 Å². The molecule has 1 fully saturated rings. The van der Waals surface area contributed by atoms with E-state index in [1.54, 1.807) is 24.7 Å². The standard InChI is InChI=1S/C23H24FN5O3/c1-15(30)27-11-19-12-29(23(31)32-19)18-6-7-20(21(24)10-18)16-2-4-17(5-3-16)22(25)13-28-9-8-26-14-28/h2-10,14,19,22H,11-13,25H2,1H3,(H,27,30). The number of imidazole rings is 1. The lowest BCUT2D eigenvalue weighted by molar-refractivity contribution is -0.119. The van der Waals surface area contributed by atoms with Crippen molar-refractivity contribution in [2.75, 3.05) is 18.0 Å². The molecule has 9 heteroatoms. The van der Waals surface area contributed by atoms with Crippen molar-refractivity contribution in [3.63, 3.8) is 0 Å². The Kier molecular flexibility index (Phi) is 6.18. The molecule has 0 aliphatic carbocycles. The molecule has 2 heterocycles. The van der Waals surface area contributed by atoms with Crippen LogP contribution in [0.3, 0.4) is 0 Å². The number of amides is 2. The van der Waals surface area contributed by atoms with Gasteiger partial charge in [-0.25, -0.2) is 14.2 Å². The van der Waals surface area contributed by atoms with Crippen LogP contribution in [0.15, 0.2) is 61.2 Å². The van der Waals surface area contributed by atoms with Crippen LogP contribution in [-0.4, -0.2) is 40.7 Å². The fourth-order valence-corrected chi connectivity index (χ4v) is 3.64. The van der Waals surface area contributed by atoms with Gasteiger partial charge in [0.05, 0.1) is 25.1 Å². The average Bonchev–Trinajstić information content (AvgIpc) is 3.41. The van der Waals surface area contributed by atoms with Crippen molar-refractivity contribution < 1.29 is 18.7 Å². The first-order valence-electron chi connectivity index (χ1n) is 10.2. The first-order valence-corrected chi connectivity index (χ1v) is 10.2. The van der Waals surface area contributed by atoms with Crippen molar-refractivity contribution in [1.29, 1.82) is 0 Å². The zero-order chi connectivity index (χ0) is 22.7. The fraction of sp³-hybridized carbons (Fsp3) is 0.261. The van der Waals surface area contributed by atoms with Crippen LogP contribution >= 0.6 is 0 Å². The Morgan fingerprint density at radius 3 is 2.75 bits per heavy atom. The van der Waals surface area contributed by atoms with Gasteiger partial charge in [-0.15, -0.1) is 0 Å². The maximum atomic E-state index is 14.9. The van der Waals surface area contributed by atoms with Gasteiger partial charge in [-0.05, 0) is 29.3 Å². The molecule has 1 aliphatic heterocycles. The molecule has 0 bridgehead atoms. The number of carbonyl (C=O) groups excluding carboxylic acids is 2. The molecule has 1 aliphatic rings. The summed E-state index contributed by atoms with van der Waals surface area (Å²) < 4.78 is 22.1. The topological polar surface area (TPSA) is 102 Å². The predicted molar refractivity (Wildman–Crippen MR) is 117 cm³/mol. The van der Waals surface area contributed by atoms with E-state index >= 15 is 0 Å². The molecule has 0 spiro atoms. The fourth-order valence-electron chi connectivity index (χ4n) is 3.64. The maximum absolute atomic E-state index is 14.9. The van der Waals surface area contributed by atoms with Gasteiger partial charge in [-0.1, -0.05) is 24.3 Å². The molecule has 3 aromatic rings. The van der Waals surface area contributed by atoms with E-state index in [0.717, 1.165) is 5.56 Å². The number of nitrogens with zero attached hydrogens (tertiary/aromatic N) is 3. The molecule has 3 N–H and O–H groups in total. The summed E-state index contributed by atoms with van der Waals surface area (Å²) >= 11 is 0. The van der Waals surface area contributed by atoms with Crippen molar-refractivity contribution in [2.45, 2.75) is 25.6 Å². The summed E-state index contributed by atoms with van der Waals surface area (Å²) in [6.45, 7) is 2.44. The van der Waals surface area contributed by atoms with Gasteiger partial charge in [0, 0.05) is 37.5 Å². The molecular formula is C23H24FN5O3. The first kappa shape index (κ1) is 21.5. The molecule has 32 heavy (non-hydrogen) atoms.